The van der Waals surface area contributed by atoms with E-state index in [-0.39, 0.29) is 16.6 Å². The topological polar surface area (TPSA) is 53.6 Å². The fourth-order valence-corrected chi connectivity index (χ4v) is 3.05. The Morgan fingerprint density at radius 3 is 1.68 bits per heavy atom. The van der Waals surface area contributed by atoms with Crippen LogP contribution in [0, 0.1) is 0 Å². The monoisotopic (exact) mass is 489 g/mol. The summed E-state index contributed by atoms with van der Waals surface area (Å²) in [4.78, 5) is 3.66. The first kappa shape index (κ1) is 30.2. The summed E-state index contributed by atoms with van der Waals surface area (Å²) >= 11 is 1.80. The van der Waals surface area contributed by atoms with Gasteiger partial charge in [0.15, 0.2) is 0 Å². The second kappa shape index (κ2) is 13.9. The first-order valence-electron chi connectivity index (χ1n) is 11.9. The van der Waals surface area contributed by atoms with E-state index in [4.69, 9.17) is 8.83 Å². The molecular formula is C28H47N3O2S. The molecule has 0 aromatic carbocycles. The van der Waals surface area contributed by atoms with Crippen LogP contribution in [0.15, 0.2) is 63.1 Å². The molecule has 0 atom stereocenters. The molecule has 0 aliphatic rings. The van der Waals surface area contributed by atoms with Gasteiger partial charge in [-0.1, -0.05) is 6.07 Å². The van der Waals surface area contributed by atoms with Crippen LogP contribution < -0.4 is 10.6 Å². The third-order valence-electron chi connectivity index (χ3n) is 4.86. The first-order chi connectivity index (χ1) is 15.7. The standard InChI is InChI=1S/C10H17NO.C9H15NO.C9H15NS/c1-10(2,3)11(4)8-9-6-5-7-12-9;2*1-9(2,3)10-7-8-5-4-6-11-8/h5-7H,8H2,1-4H3;2*4-6,10H,7H2,1-3H3. The lowest BCUT2D eigenvalue weighted by molar-refractivity contribution is 0.155. The molecule has 0 aliphatic heterocycles. The minimum Gasteiger partial charge on any atom is -0.468 e. The Bertz CT molecular complexity index is 802. The number of rotatable bonds is 6. The van der Waals surface area contributed by atoms with Gasteiger partial charge in [0.05, 0.1) is 25.6 Å². The van der Waals surface area contributed by atoms with Gasteiger partial charge in [0, 0.05) is 28.0 Å². The normalized spacial score (nSPS) is 12.1. The molecule has 3 aromatic rings. The molecule has 0 spiro atoms. The van der Waals surface area contributed by atoms with Crippen molar-refractivity contribution in [3.8, 4) is 0 Å². The molecule has 3 heterocycles. The van der Waals surface area contributed by atoms with E-state index in [1.807, 2.05) is 24.3 Å². The van der Waals surface area contributed by atoms with Gasteiger partial charge in [-0.25, -0.2) is 0 Å². The summed E-state index contributed by atoms with van der Waals surface area (Å²) in [6, 6.07) is 12.0. The third kappa shape index (κ3) is 15.1. The maximum Gasteiger partial charge on any atom is 0.117 e. The van der Waals surface area contributed by atoms with E-state index < -0.39 is 0 Å². The number of thiophene rings is 1. The summed E-state index contributed by atoms with van der Waals surface area (Å²) in [6.07, 6.45) is 3.41. The average Bonchev–Trinajstić information content (AvgIpc) is 3.47. The van der Waals surface area contributed by atoms with Crippen molar-refractivity contribution in [1.82, 2.24) is 15.5 Å². The van der Waals surface area contributed by atoms with Gasteiger partial charge in [0.2, 0.25) is 0 Å². The zero-order chi connectivity index (χ0) is 25.8. The summed E-state index contributed by atoms with van der Waals surface area (Å²) in [5, 5.41) is 8.88. The molecule has 3 aromatic heterocycles. The molecule has 0 saturated heterocycles. The van der Waals surface area contributed by atoms with Crippen LogP contribution in [0.5, 0.6) is 0 Å². The lowest BCUT2D eigenvalue weighted by Crippen LogP contribution is -2.37. The zero-order valence-corrected chi connectivity index (χ0v) is 23.8. The Morgan fingerprint density at radius 1 is 0.735 bits per heavy atom. The molecule has 0 aliphatic carbocycles. The van der Waals surface area contributed by atoms with E-state index in [1.165, 1.54) is 4.88 Å². The van der Waals surface area contributed by atoms with E-state index >= 15 is 0 Å². The van der Waals surface area contributed by atoms with E-state index in [2.05, 4.69) is 102 Å². The molecule has 5 nitrogen and oxygen atoms in total. The largest absolute Gasteiger partial charge is 0.468 e. The van der Waals surface area contributed by atoms with Gasteiger partial charge in [-0.2, -0.15) is 0 Å². The minimum absolute atomic E-state index is 0.160. The van der Waals surface area contributed by atoms with Gasteiger partial charge < -0.3 is 19.5 Å². The highest BCUT2D eigenvalue weighted by molar-refractivity contribution is 7.09. The van der Waals surface area contributed by atoms with Crippen LogP contribution in [0.2, 0.25) is 0 Å². The third-order valence-corrected chi connectivity index (χ3v) is 5.74. The van der Waals surface area contributed by atoms with Crippen molar-refractivity contribution in [3.05, 3.63) is 70.7 Å². The van der Waals surface area contributed by atoms with Crippen LogP contribution in [-0.2, 0) is 19.6 Å². The molecule has 2 N–H and O–H groups in total. The number of hydrogen-bond donors (Lipinski definition) is 2. The number of furan rings is 2. The average molecular weight is 490 g/mol. The molecule has 0 radical (unpaired) electrons. The predicted molar refractivity (Wildman–Crippen MR) is 146 cm³/mol. The van der Waals surface area contributed by atoms with Crippen molar-refractivity contribution in [2.75, 3.05) is 7.05 Å². The van der Waals surface area contributed by atoms with Crippen LogP contribution in [0.4, 0.5) is 0 Å². The predicted octanol–water partition coefficient (Wildman–Crippen LogP) is 7.31. The van der Waals surface area contributed by atoms with Gasteiger partial charge in [-0.15, -0.1) is 11.3 Å². The second-order valence-electron chi connectivity index (χ2n) is 11.5. The molecule has 6 heteroatoms. The summed E-state index contributed by atoms with van der Waals surface area (Å²) in [5.41, 5.74) is 0.587. The second-order valence-corrected chi connectivity index (χ2v) is 12.5. The molecule has 0 saturated carbocycles. The Hall–Kier alpha value is -1.86. The number of hydrogen-bond acceptors (Lipinski definition) is 6. The molecule has 3 rings (SSSR count). The minimum atomic E-state index is 0.160. The highest BCUT2D eigenvalue weighted by Gasteiger charge is 2.17. The first-order valence-corrected chi connectivity index (χ1v) is 12.8. The van der Waals surface area contributed by atoms with E-state index in [0.29, 0.717) is 0 Å². The summed E-state index contributed by atoms with van der Waals surface area (Å²) < 4.78 is 10.4. The van der Waals surface area contributed by atoms with E-state index in [1.54, 1.807) is 23.9 Å². The fraction of sp³-hybridized carbons (Fsp3) is 0.571. The van der Waals surface area contributed by atoms with Gasteiger partial charge in [0.25, 0.3) is 0 Å². The Balaban J connectivity index is 0.000000255. The van der Waals surface area contributed by atoms with Gasteiger partial charge in [0.1, 0.15) is 11.5 Å². The Kier molecular flexibility index (Phi) is 12.3. The summed E-state index contributed by atoms with van der Waals surface area (Å²) in [7, 11) is 2.10. The highest BCUT2D eigenvalue weighted by atomic mass is 32.1. The number of nitrogens with zero attached hydrogens (tertiary/aromatic N) is 1. The molecular weight excluding hydrogens is 442 g/mol. The van der Waals surface area contributed by atoms with Gasteiger partial charge >= 0.3 is 0 Å². The van der Waals surface area contributed by atoms with Crippen LogP contribution in [0.1, 0.15) is 78.7 Å². The summed E-state index contributed by atoms with van der Waals surface area (Å²) in [6.45, 7) is 22.2. The Morgan fingerprint density at radius 2 is 1.26 bits per heavy atom. The Labute approximate surface area is 211 Å². The van der Waals surface area contributed by atoms with Gasteiger partial charge in [-0.05, 0) is 105 Å². The van der Waals surface area contributed by atoms with Crippen molar-refractivity contribution in [2.45, 2.75) is 98.6 Å². The zero-order valence-electron chi connectivity index (χ0n) is 23.0. The van der Waals surface area contributed by atoms with Crippen molar-refractivity contribution >= 4 is 11.3 Å². The smallest absolute Gasteiger partial charge is 0.117 e. The van der Waals surface area contributed by atoms with Crippen molar-refractivity contribution < 1.29 is 8.83 Å². The summed E-state index contributed by atoms with van der Waals surface area (Å²) in [5.74, 6) is 2.01. The highest BCUT2D eigenvalue weighted by Crippen LogP contribution is 2.14. The molecule has 0 fully saturated rings. The molecule has 0 bridgehead atoms. The van der Waals surface area contributed by atoms with Crippen LogP contribution in [-0.4, -0.2) is 28.6 Å². The van der Waals surface area contributed by atoms with Crippen molar-refractivity contribution in [1.29, 1.82) is 0 Å². The van der Waals surface area contributed by atoms with E-state index in [9.17, 15) is 0 Å². The SMILES string of the molecule is CC(C)(C)NCc1ccco1.CC(C)(C)NCc1cccs1.CN(Cc1ccco1)C(C)(C)C. The van der Waals surface area contributed by atoms with Gasteiger partial charge in [-0.3, -0.25) is 4.90 Å². The quantitative estimate of drug-likeness (QED) is 0.380. The lowest BCUT2D eigenvalue weighted by atomic mass is 10.1. The molecule has 0 unspecified atom stereocenters. The molecule has 34 heavy (non-hydrogen) atoms. The van der Waals surface area contributed by atoms with Crippen LogP contribution in [0.3, 0.4) is 0 Å². The van der Waals surface area contributed by atoms with Crippen LogP contribution in [0.25, 0.3) is 0 Å². The van der Waals surface area contributed by atoms with Crippen molar-refractivity contribution in [2.24, 2.45) is 0 Å². The number of nitrogens with one attached hydrogen (secondary N) is 2. The molecule has 0 amide bonds. The fourth-order valence-electron chi connectivity index (χ4n) is 2.40. The van der Waals surface area contributed by atoms with E-state index in [0.717, 1.165) is 31.2 Å². The maximum atomic E-state index is 5.26. The maximum absolute atomic E-state index is 5.26. The lowest BCUT2D eigenvalue weighted by Gasteiger charge is -2.30. The molecule has 192 valence electrons. The van der Waals surface area contributed by atoms with Crippen molar-refractivity contribution in [3.63, 3.8) is 0 Å². The van der Waals surface area contributed by atoms with Crippen LogP contribution >= 0.6 is 11.3 Å².